The number of aromatic nitrogens is 4. The maximum Gasteiger partial charge on any atom is 0.250 e. The molecule has 0 saturated heterocycles. The molecule has 2 heterocycles. The summed E-state index contributed by atoms with van der Waals surface area (Å²) in [6.45, 7) is 4.05. The van der Waals surface area contributed by atoms with Crippen LogP contribution in [0.5, 0.6) is 0 Å². The fourth-order valence-corrected chi connectivity index (χ4v) is 3.81. The number of aryl methyl sites for hydroxylation is 2. The molecule has 0 aliphatic carbocycles. The average molecular weight is 443 g/mol. The summed E-state index contributed by atoms with van der Waals surface area (Å²) >= 11 is 1.31. The number of nitrogens with zero attached hydrogens (tertiary/aromatic N) is 5. The molecule has 0 aliphatic heterocycles. The van der Waals surface area contributed by atoms with Crippen LogP contribution in [0.4, 0.5) is 0 Å². The Morgan fingerprint density at radius 1 is 1.03 bits per heavy atom. The first-order valence-electron chi connectivity index (χ1n) is 10.0. The second-order valence-electron chi connectivity index (χ2n) is 7.21. The van der Waals surface area contributed by atoms with Gasteiger partial charge in [-0.2, -0.15) is 5.10 Å². The van der Waals surface area contributed by atoms with Crippen molar-refractivity contribution >= 4 is 23.9 Å². The number of rotatable bonds is 7. The van der Waals surface area contributed by atoms with E-state index in [9.17, 15) is 4.79 Å². The minimum atomic E-state index is -0.220. The van der Waals surface area contributed by atoms with Gasteiger partial charge in [0.1, 0.15) is 0 Å². The first-order valence-corrected chi connectivity index (χ1v) is 11.0. The highest BCUT2D eigenvalue weighted by atomic mass is 32.2. The molecule has 0 atom stereocenters. The largest absolute Gasteiger partial charge is 0.272 e. The lowest BCUT2D eigenvalue weighted by Crippen LogP contribution is -2.20. The normalized spacial score (nSPS) is 11.1. The van der Waals surface area contributed by atoms with Crippen LogP contribution < -0.4 is 5.43 Å². The van der Waals surface area contributed by atoms with Gasteiger partial charge in [0.15, 0.2) is 11.0 Å². The fraction of sp³-hybridized carbons (Fsp3) is 0.125. The van der Waals surface area contributed by atoms with Crippen molar-refractivity contribution < 1.29 is 4.79 Å². The third-order valence-electron chi connectivity index (χ3n) is 4.64. The van der Waals surface area contributed by atoms with Crippen LogP contribution in [0.15, 0.2) is 83.3 Å². The third kappa shape index (κ3) is 5.28. The topological polar surface area (TPSA) is 85.1 Å². The van der Waals surface area contributed by atoms with Crippen molar-refractivity contribution in [2.75, 3.05) is 5.75 Å². The van der Waals surface area contributed by atoms with Crippen LogP contribution in [0.2, 0.25) is 0 Å². The van der Waals surface area contributed by atoms with E-state index in [0.717, 1.165) is 27.9 Å². The van der Waals surface area contributed by atoms with Gasteiger partial charge in [-0.15, -0.1) is 10.2 Å². The molecule has 1 N–H and O–H groups in total. The predicted octanol–water partition coefficient (Wildman–Crippen LogP) is 4.19. The zero-order chi connectivity index (χ0) is 22.3. The molecule has 8 heteroatoms. The van der Waals surface area contributed by atoms with Crippen LogP contribution >= 0.6 is 11.8 Å². The minimum Gasteiger partial charge on any atom is -0.272 e. The highest BCUT2D eigenvalue weighted by Gasteiger charge is 2.17. The van der Waals surface area contributed by atoms with Crippen LogP contribution in [0.1, 0.15) is 16.7 Å². The molecule has 7 nitrogen and oxygen atoms in total. The van der Waals surface area contributed by atoms with Crippen molar-refractivity contribution in [3.8, 4) is 17.1 Å². The first-order chi connectivity index (χ1) is 15.6. The van der Waals surface area contributed by atoms with Gasteiger partial charge in [0.25, 0.3) is 5.91 Å². The van der Waals surface area contributed by atoms with E-state index in [1.807, 2.05) is 79.1 Å². The van der Waals surface area contributed by atoms with E-state index in [2.05, 4.69) is 25.7 Å². The summed E-state index contributed by atoms with van der Waals surface area (Å²) in [4.78, 5) is 16.4. The third-order valence-corrected chi connectivity index (χ3v) is 5.57. The summed E-state index contributed by atoms with van der Waals surface area (Å²) < 4.78 is 1.95. The number of hydrogen-bond donors (Lipinski definition) is 1. The van der Waals surface area contributed by atoms with E-state index in [4.69, 9.17) is 0 Å². The molecule has 0 saturated carbocycles. The molecule has 0 radical (unpaired) electrons. The molecule has 0 spiro atoms. The number of thioether (sulfide) groups is 1. The van der Waals surface area contributed by atoms with Crippen molar-refractivity contribution in [1.29, 1.82) is 0 Å². The first kappa shape index (κ1) is 21.5. The van der Waals surface area contributed by atoms with Gasteiger partial charge in [0, 0.05) is 23.6 Å². The number of nitrogens with one attached hydrogen (secondary N) is 1. The molecular formula is C24H22N6OS. The minimum absolute atomic E-state index is 0.158. The van der Waals surface area contributed by atoms with Gasteiger partial charge in [-0.3, -0.25) is 14.3 Å². The zero-order valence-electron chi connectivity index (χ0n) is 17.8. The molecule has 0 fully saturated rings. The van der Waals surface area contributed by atoms with Gasteiger partial charge in [0.2, 0.25) is 0 Å². The second-order valence-corrected chi connectivity index (χ2v) is 8.15. The van der Waals surface area contributed by atoms with Crippen LogP contribution in [0.3, 0.4) is 0 Å². The molecule has 0 bridgehead atoms. The standard InChI is InChI=1S/C24H22N6OS/c1-17-6-8-21(9-7-17)30-23(20-10-12-25-13-11-20)28-29-24(30)32-16-22(31)27-26-15-19-5-3-4-18(2)14-19/h3-15H,16H2,1-2H3,(H,27,31)/b26-15+. The molecule has 0 aliphatic rings. The highest BCUT2D eigenvalue weighted by molar-refractivity contribution is 7.99. The van der Waals surface area contributed by atoms with E-state index in [-0.39, 0.29) is 11.7 Å². The maximum absolute atomic E-state index is 12.3. The second kappa shape index (κ2) is 10.0. The van der Waals surface area contributed by atoms with Crippen molar-refractivity contribution in [1.82, 2.24) is 25.2 Å². The number of carbonyl (C=O) groups is 1. The molecule has 160 valence electrons. The van der Waals surface area contributed by atoms with E-state index >= 15 is 0 Å². The molecule has 0 unspecified atom stereocenters. The van der Waals surface area contributed by atoms with Crippen molar-refractivity contribution in [2.24, 2.45) is 5.10 Å². The molecular weight excluding hydrogens is 420 g/mol. The zero-order valence-corrected chi connectivity index (χ0v) is 18.6. The van der Waals surface area contributed by atoms with E-state index in [0.29, 0.717) is 11.0 Å². The lowest BCUT2D eigenvalue weighted by atomic mass is 10.2. The lowest BCUT2D eigenvalue weighted by Gasteiger charge is -2.10. The molecule has 2 aromatic carbocycles. The molecule has 2 aromatic heterocycles. The van der Waals surface area contributed by atoms with Gasteiger partial charge in [-0.1, -0.05) is 59.3 Å². The summed E-state index contributed by atoms with van der Waals surface area (Å²) in [5.41, 5.74) is 7.61. The van der Waals surface area contributed by atoms with Crippen LogP contribution in [0, 0.1) is 13.8 Å². The van der Waals surface area contributed by atoms with E-state index in [1.54, 1.807) is 18.6 Å². The predicted molar refractivity (Wildman–Crippen MR) is 127 cm³/mol. The number of pyridine rings is 1. The Kier molecular flexibility index (Phi) is 6.72. The summed E-state index contributed by atoms with van der Waals surface area (Å²) in [6.07, 6.45) is 5.07. The number of amides is 1. The number of hydrogen-bond acceptors (Lipinski definition) is 6. The molecule has 4 aromatic rings. The number of hydrazone groups is 1. The Bertz CT molecular complexity index is 1240. The van der Waals surface area contributed by atoms with E-state index in [1.165, 1.54) is 11.8 Å². The number of carbonyl (C=O) groups excluding carboxylic acids is 1. The van der Waals surface area contributed by atoms with Crippen molar-refractivity contribution in [3.63, 3.8) is 0 Å². The quantitative estimate of drug-likeness (QED) is 0.264. The van der Waals surface area contributed by atoms with Crippen LogP contribution in [0.25, 0.3) is 17.1 Å². The van der Waals surface area contributed by atoms with E-state index < -0.39 is 0 Å². The van der Waals surface area contributed by atoms with Gasteiger partial charge < -0.3 is 0 Å². The smallest absolute Gasteiger partial charge is 0.250 e. The SMILES string of the molecule is Cc1ccc(-n2c(SCC(=O)N/N=C/c3cccc(C)c3)nnc2-c2ccncc2)cc1. The van der Waals surface area contributed by atoms with Crippen LogP contribution in [-0.4, -0.2) is 37.6 Å². The van der Waals surface area contributed by atoms with Gasteiger partial charge in [-0.05, 0) is 43.7 Å². The average Bonchev–Trinajstić information content (AvgIpc) is 3.23. The Balaban J connectivity index is 1.50. The van der Waals surface area contributed by atoms with Crippen molar-refractivity contribution in [3.05, 3.63) is 89.7 Å². The van der Waals surface area contributed by atoms with Gasteiger partial charge in [0.05, 0.1) is 12.0 Å². The van der Waals surface area contributed by atoms with Crippen LogP contribution in [-0.2, 0) is 4.79 Å². The number of benzene rings is 2. The summed E-state index contributed by atoms with van der Waals surface area (Å²) in [5.74, 6) is 0.630. The lowest BCUT2D eigenvalue weighted by molar-refractivity contribution is -0.118. The Labute approximate surface area is 190 Å². The van der Waals surface area contributed by atoms with Gasteiger partial charge >= 0.3 is 0 Å². The summed E-state index contributed by atoms with van der Waals surface area (Å²) in [7, 11) is 0. The Morgan fingerprint density at radius 3 is 2.56 bits per heavy atom. The highest BCUT2D eigenvalue weighted by Crippen LogP contribution is 2.27. The monoisotopic (exact) mass is 442 g/mol. The summed E-state index contributed by atoms with van der Waals surface area (Å²) in [5, 5.41) is 13.4. The maximum atomic E-state index is 12.3. The van der Waals surface area contributed by atoms with Crippen molar-refractivity contribution in [2.45, 2.75) is 19.0 Å². The molecule has 1 amide bonds. The summed E-state index contributed by atoms with van der Waals surface area (Å²) in [6, 6.07) is 19.8. The van der Waals surface area contributed by atoms with Gasteiger partial charge in [-0.25, -0.2) is 5.43 Å². The Morgan fingerprint density at radius 2 is 1.81 bits per heavy atom. The molecule has 32 heavy (non-hydrogen) atoms. The Hall–Kier alpha value is -3.78. The molecule has 4 rings (SSSR count). The fourth-order valence-electron chi connectivity index (χ4n) is 3.07.